The average molecular weight is 224 g/mol. The van der Waals surface area contributed by atoms with Crippen LogP contribution in [0, 0.1) is 6.92 Å². The SMILES string of the molecule is COC(=O)C(O)c1cc2c(cc1C)OCO2. The Balaban J connectivity index is 2.38. The van der Waals surface area contributed by atoms with Crippen molar-refractivity contribution < 1.29 is 24.1 Å². The summed E-state index contributed by atoms with van der Waals surface area (Å²) in [6.07, 6.45) is -1.29. The lowest BCUT2D eigenvalue weighted by Gasteiger charge is -2.12. The quantitative estimate of drug-likeness (QED) is 0.757. The molecule has 1 aromatic rings. The van der Waals surface area contributed by atoms with Gasteiger partial charge in [-0.1, -0.05) is 0 Å². The van der Waals surface area contributed by atoms with E-state index in [4.69, 9.17) is 9.47 Å². The van der Waals surface area contributed by atoms with E-state index in [1.165, 1.54) is 7.11 Å². The Bertz CT molecular complexity index is 427. The van der Waals surface area contributed by atoms with E-state index in [2.05, 4.69) is 4.74 Å². The summed E-state index contributed by atoms with van der Waals surface area (Å²) < 4.78 is 14.8. The third kappa shape index (κ3) is 1.69. The summed E-state index contributed by atoms with van der Waals surface area (Å²) in [4.78, 5) is 11.2. The number of aliphatic hydroxyl groups is 1. The molecular weight excluding hydrogens is 212 g/mol. The summed E-state index contributed by atoms with van der Waals surface area (Å²) in [5, 5.41) is 9.73. The van der Waals surface area contributed by atoms with E-state index >= 15 is 0 Å². The summed E-state index contributed by atoms with van der Waals surface area (Å²) in [7, 11) is 1.23. The predicted octanol–water partition coefficient (Wildman–Crippen LogP) is 0.930. The number of benzene rings is 1. The van der Waals surface area contributed by atoms with Crippen molar-refractivity contribution in [2.45, 2.75) is 13.0 Å². The first kappa shape index (κ1) is 10.8. The van der Waals surface area contributed by atoms with Crippen LogP contribution in [0.3, 0.4) is 0 Å². The zero-order valence-electron chi connectivity index (χ0n) is 9.02. The number of esters is 1. The lowest BCUT2D eigenvalue weighted by molar-refractivity contribution is -0.150. The molecule has 0 radical (unpaired) electrons. The fraction of sp³-hybridized carbons (Fsp3) is 0.364. The van der Waals surface area contributed by atoms with E-state index in [0.29, 0.717) is 17.1 Å². The number of ether oxygens (including phenoxy) is 3. The molecule has 0 spiro atoms. The van der Waals surface area contributed by atoms with Crippen molar-refractivity contribution >= 4 is 5.97 Å². The molecule has 1 aromatic carbocycles. The van der Waals surface area contributed by atoms with E-state index in [9.17, 15) is 9.90 Å². The maximum absolute atomic E-state index is 11.2. The molecule has 0 saturated carbocycles. The van der Waals surface area contributed by atoms with E-state index in [0.717, 1.165) is 5.56 Å². The van der Waals surface area contributed by atoms with Gasteiger partial charge in [0, 0.05) is 0 Å². The third-order valence-electron chi connectivity index (χ3n) is 2.48. The zero-order valence-corrected chi connectivity index (χ0v) is 9.02. The number of aliphatic hydroxyl groups excluding tert-OH is 1. The lowest BCUT2D eigenvalue weighted by atomic mass is 10.0. The Hall–Kier alpha value is -1.75. The second-order valence-electron chi connectivity index (χ2n) is 3.49. The summed E-state index contributed by atoms with van der Waals surface area (Å²) in [6.45, 7) is 1.94. The Morgan fingerprint density at radius 3 is 2.69 bits per heavy atom. The number of aryl methyl sites for hydroxylation is 1. The van der Waals surface area contributed by atoms with Crippen LogP contribution in [0.25, 0.3) is 0 Å². The Labute approximate surface area is 92.5 Å². The largest absolute Gasteiger partial charge is 0.467 e. The summed E-state index contributed by atoms with van der Waals surface area (Å²) in [6, 6.07) is 3.32. The van der Waals surface area contributed by atoms with Crippen LogP contribution in [0.4, 0.5) is 0 Å². The summed E-state index contributed by atoms with van der Waals surface area (Å²) in [5.74, 6) is 0.462. The maximum Gasteiger partial charge on any atom is 0.339 e. The number of hydrogen-bond acceptors (Lipinski definition) is 5. The van der Waals surface area contributed by atoms with Gasteiger partial charge in [0.1, 0.15) is 0 Å². The first-order valence-electron chi connectivity index (χ1n) is 4.79. The number of rotatable bonds is 2. The lowest BCUT2D eigenvalue weighted by Crippen LogP contribution is -2.14. The van der Waals surface area contributed by atoms with Crippen LogP contribution in [0.1, 0.15) is 17.2 Å². The van der Waals surface area contributed by atoms with Crippen LogP contribution in [0.5, 0.6) is 11.5 Å². The molecule has 1 N–H and O–H groups in total. The highest BCUT2D eigenvalue weighted by Crippen LogP contribution is 2.36. The van der Waals surface area contributed by atoms with Crippen molar-refractivity contribution in [3.8, 4) is 11.5 Å². The minimum atomic E-state index is -1.29. The molecule has 1 aliphatic rings. The predicted molar refractivity (Wildman–Crippen MR) is 54.3 cm³/mol. The highest BCUT2D eigenvalue weighted by Gasteiger charge is 2.24. The molecule has 1 unspecified atom stereocenters. The van der Waals surface area contributed by atoms with Gasteiger partial charge in [-0.2, -0.15) is 0 Å². The van der Waals surface area contributed by atoms with Crippen LogP contribution >= 0.6 is 0 Å². The molecule has 0 amide bonds. The maximum atomic E-state index is 11.2. The minimum Gasteiger partial charge on any atom is -0.467 e. The van der Waals surface area contributed by atoms with Crippen molar-refractivity contribution in [2.24, 2.45) is 0 Å². The van der Waals surface area contributed by atoms with Gasteiger partial charge < -0.3 is 19.3 Å². The first-order valence-corrected chi connectivity index (χ1v) is 4.79. The summed E-state index contributed by atoms with van der Waals surface area (Å²) >= 11 is 0. The van der Waals surface area contributed by atoms with Crippen molar-refractivity contribution in [3.05, 3.63) is 23.3 Å². The molecule has 0 saturated heterocycles. The Morgan fingerprint density at radius 1 is 1.44 bits per heavy atom. The molecule has 0 fully saturated rings. The van der Waals surface area contributed by atoms with Crippen molar-refractivity contribution in [1.82, 2.24) is 0 Å². The highest BCUT2D eigenvalue weighted by atomic mass is 16.7. The molecule has 1 atom stereocenters. The van der Waals surface area contributed by atoms with Gasteiger partial charge in [0.05, 0.1) is 7.11 Å². The zero-order chi connectivity index (χ0) is 11.7. The monoisotopic (exact) mass is 224 g/mol. The Kier molecular flexibility index (Phi) is 2.70. The van der Waals surface area contributed by atoms with Crippen LogP contribution in [0.15, 0.2) is 12.1 Å². The number of carbonyl (C=O) groups excluding carboxylic acids is 1. The molecular formula is C11H12O5. The van der Waals surface area contributed by atoms with Crippen LogP contribution in [0.2, 0.25) is 0 Å². The normalized spacial score (nSPS) is 14.7. The van der Waals surface area contributed by atoms with Gasteiger partial charge in [-0.05, 0) is 30.2 Å². The molecule has 5 nitrogen and oxygen atoms in total. The van der Waals surface area contributed by atoms with Gasteiger partial charge in [0.15, 0.2) is 17.6 Å². The number of carbonyl (C=O) groups is 1. The molecule has 0 aromatic heterocycles. The molecule has 0 bridgehead atoms. The van der Waals surface area contributed by atoms with E-state index in [-0.39, 0.29) is 6.79 Å². The molecule has 2 rings (SSSR count). The molecule has 1 aliphatic heterocycles. The molecule has 5 heteroatoms. The fourth-order valence-electron chi connectivity index (χ4n) is 1.59. The topological polar surface area (TPSA) is 65.0 Å². The van der Waals surface area contributed by atoms with Gasteiger partial charge in [0.25, 0.3) is 0 Å². The number of hydrogen-bond donors (Lipinski definition) is 1. The van der Waals surface area contributed by atoms with Gasteiger partial charge in [-0.3, -0.25) is 0 Å². The second-order valence-corrected chi connectivity index (χ2v) is 3.49. The van der Waals surface area contributed by atoms with E-state index in [1.807, 2.05) is 0 Å². The fourth-order valence-corrected chi connectivity index (χ4v) is 1.59. The third-order valence-corrected chi connectivity index (χ3v) is 2.48. The first-order chi connectivity index (χ1) is 7.63. The van der Waals surface area contributed by atoms with Crippen LogP contribution in [-0.2, 0) is 9.53 Å². The molecule has 0 aliphatic carbocycles. The van der Waals surface area contributed by atoms with Crippen molar-refractivity contribution in [1.29, 1.82) is 0 Å². The summed E-state index contributed by atoms with van der Waals surface area (Å²) in [5.41, 5.74) is 1.22. The molecule has 16 heavy (non-hydrogen) atoms. The van der Waals surface area contributed by atoms with Gasteiger partial charge in [0.2, 0.25) is 6.79 Å². The van der Waals surface area contributed by atoms with Crippen molar-refractivity contribution in [3.63, 3.8) is 0 Å². The molecule has 1 heterocycles. The standard InChI is InChI=1S/C11H12O5/c1-6-3-8-9(16-5-15-8)4-7(6)10(12)11(13)14-2/h3-4,10,12H,5H2,1-2H3. The molecule has 86 valence electrons. The smallest absolute Gasteiger partial charge is 0.339 e. The number of methoxy groups -OCH3 is 1. The average Bonchev–Trinajstić information content (AvgIpc) is 2.72. The van der Waals surface area contributed by atoms with Gasteiger partial charge in [-0.25, -0.2) is 4.79 Å². The van der Waals surface area contributed by atoms with E-state index in [1.54, 1.807) is 19.1 Å². The van der Waals surface area contributed by atoms with Crippen molar-refractivity contribution in [2.75, 3.05) is 13.9 Å². The van der Waals surface area contributed by atoms with Gasteiger partial charge in [-0.15, -0.1) is 0 Å². The van der Waals surface area contributed by atoms with Gasteiger partial charge >= 0.3 is 5.97 Å². The Morgan fingerprint density at radius 2 is 2.06 bits per heavy atom. The minimum absolute atomic E-state index is 0.159. The highest BCUT2D eigenvalue weighted by molar-refractivity contribution is 5.77. The number of fused-ring (bicyclic) bond motifs is 1. The van der Waals surface area contributed by atoms with Crippen LogP contribution in [-0.4, -0.2) is 25.0 Å². The van der Waals surface area contributed by atoms with E-state index < -0.39 is 12.1 Å². The van der Waals surface area contributed by atoms with Crippen LogP contribution < -0.4 is 9.47 Å². The second kappa shape index (κ2) is 4.02.